The molecule has 0 spiro atoms. The van der Waals surface area contributed by atoms with E-state index >= 15 is 0 Å². The van der Waals surface area contributed by atoms with Gasteiger partial charge in [-0.1, -0.05) is 0 Å². The van der Waals surface area contributed by atoms with E-state index in [1.807, 2.05) is 6.92 Å². The number of alkyl halides is 3. The Hall–Kier alpha value is -1.56. The molecule has 1 amide bonds. The van der Waals surface area contributed by atoms with E-state index in [2.05, 4.69) is 15.6 Å². The average Bonchev–Trinajstić information content (AvgIpc) is 2.50. The number of hydrogen-bond donors (Lipinski definition) is 3. The molecule has 0 radical (unpaired) electrons. The maximum absolute atomic E-state index is 12.4. The average molecular weight is 474 g/mol. The second-order valence-electron chi connectivity index (χ2n) is 5.10. The molecule has 0 saturated carbocycles. The number of carbonyl (C=O) groups excluding carboxylic acids is 1. The van der Waals surface area contributed by atoms with Gasteiger partial charge in [-0.15, -0.1) is 24.0 Å². The Balaban J connectivity index is 0.00000576. The number of rotatable bonds is 7. The summed E-state index contributed by atoms with van der Waals surface area (Å²) >= 11 is 0. The van der Waals surface area contributed by atoms with Gasteiger partial charge in [-0.25, -0.2) is 0 Å². The Morgan fingerprint density at radius 3 is 2.44 bits per heavy atom. The van der Waals surface area contributed by atoms with Crippen molar-refractivity contribution in [3.8, 4) is 0 Å². The summed E-state index contributed by atoms with van der Waals surface area (Å²) in [5.74, 6) is -0.249. The number of nitrogens with one attached hydrogen (secondary N) is 2. The number of amides is 1. The molecule has 1 aromatic carbocycles. The summed E-state index contributed by atoms with van der Waals surface area (Å²) in [6.45, 7) is 2.80. The number of aliphatic imine (C=N–C) groups is 1. The molecule has 0 aliphatic heterocycles. The van der Waals surface area contributed by atoms with Gasteiger partial charge in [-0.2, -0.15) is 13.2 Å². The van der Waals surface area contributed by atoms with Crippen LogP contribution in [0.1, 0.15) is 22.8 Å². The lowest BCUT2D eigenvalue weighted by atomic mass is 10.1. The largest absolute Gasteiger partial charge is 0.416 e. The van der Waals surface area contributed by atoms with Crippen LogP contribution in [0.5, 0.6) is 0 Å². The molecule has 0 aliphatic carbocycles. The normalized spacial score (nSPS) is 12.9. The number of nitrogens with zero attached hydrogens (tertiary/aromatic N) is 1. The highest BCUT2D eigenvalue weighted by atomic mass is 127. The van der Waals surface area contributed by atoms with E-state index in [9.17, 15) is 18.0 Å². The van der Waals surface area contributed by atoms with Crippen LogP contribution in [0.15, 0.2) is 29.3 Å². The minimum Gasteiger partial charge on any atom is -0.383 e. The van der Waals surface area contributed by atoms with Crippen LogP contribution >= 0.6 is 24.0 Å². The van der Waals surface area contributed by atoms with E-state index in [1.54, 1.807) is 7.11 Å². The number of carbonyl (C=O) groups is 1. The Kier molecular flexibility index (Phi) is 10.4. The highest BCUT2D eigenvalue weighted by molar-refractivity contribution is 14.0. The minimum absolute atomic E-state index is 0. The maximum Gasteiger partial charge on any atom is 0.416 e. The molecule has 1 aromatic rings. The highest BCUT2D eigenvalue weighted by Crippen LogP contribution is 2.28. The molecule has 4 N–H and O–H groups in total. The number of methoxy groups -OCH3 is 1. The van der Waals surface area contributed by atoms with Crippen molar-refractivity contribution in [3.05, 3.63) is 35.4 Å². The van der Waals surface area contributed by atoms with Crippen LogP contribution in [0.3, 0.4) is 0 Å². The molecule has 0 fully saturated rings. The zero-order valence-corrected chi connectivity index (χ0v) is 16.2. The first kappa shape index (κ1) is 23.4. The van der Waals surface area contributed by atoms with Gasteiger partial charge in [0.25, 0.3) is 5.91 Å². The molecule has 1 atom stereocenters. The Morgan fingerprint density at radius 2 is 1.92 bits per heavy atom. The van der Waals surface area contributed by atoms with Crippen LogP contribution < -0.4 is 16.4 Å². The lowest BCUT2D eigenvalue weighted by Crippen LogP contribution is -2.41. The van der Waals surface area contributed by atoms with Crippen LogP contribution in [0.25, 0.3) is 0 Å². The standard InChI is InChI=1S/C15H21F3N4O2.HI/c1-10(9-24-2)22-14(19)21-8-7-20-13(23)11-3-5-12(6-4-11)15(16,17)18;/h3-6,10H,7-9H2,1-2H3,(H,20,23)(H3,19,21,22);1H. The van der Waals surface area contributed by atoms with E-state index in [-0.39, 0.29) is 54.6 Å². The molecular formula is C15H22F3IN4O2. The molecule has 6 nitrogen and oxygen atoms in total. The van der Waals surface area contributed by atoms with Gasteiger partial charge in [0.05, 0.1) is 18.7 Å². The number of benzene rings is 1. The number of hydrogen-bond acceptors (Lipinski definition) is 3. The van der Waals surface area contributed by atoms with Crippen molar-refractivity contribution in [2.45, 2.75) is 19.1 Å². The van der Waals surface area contributed by atoms with Gasteiger partial charge in [0.2, 0.25) is 0 Å². The van der Waals surface area contributed by atoms with E-state index in [0.29, 0.717) is 6.61 Å². The molecule has 0 saturated heterocycles. The topological polar surface area (TPSA) is 88.7 Å². The van der Waals surface area contributed by atoms with Crippen molar-refractivity contribution < 1.29 is 22.7 Å². The molecule has 25 heavy (non-hydrogen) atoms. The van der Waals surface area contributed by atoms with Crippen LogP contribution in [-0.2, 0) is 10.9 Å². The predicted octanol–water partition coefficient (Wildman–Crippen LogP) is 1.99. The van der Waals surface area contributed by atoms with Crippen LogP contribution in [0, 0.1) is 0 Å². The summed E-state index contributed by atoms with van der Waals surface area (Å²) in [7, 11) is 1.57. The monoisotopic (exact) mass is 474 g/mol. The van der Waals surface area contributed by atoms with Crippen molar-refractivity contribution in [3.63, 3.8) is 0 Å². The molecular weight excluding hydrogens is 452 g/mol. The van der Waals surface area contributed by atoms with Crippen molar-refractivity contribution in [2.24, 2.45) is 10.7 Å². The number of guanidine groups is 1. The number of halogens is 4. The lowest BCUT2D eigenvalue weighted by molar-refractivity contribution is -0.137. The Labute approximate surface area is 161 Å². The third kappa shape index (κ3) is 8.91. The van der Waals surface area contributed by atoms with Crippen LogP contribution in [-0.4, -0.2) is 44.7 Å². The van der Waals surface area contributed by atoms with Gasteiger partial charge in [0.1, 0.15) is 0 Å². The quantitative estimate of drug-likeness (QED) is 0.244. The van der Waals surface area contributed by atoms with Crippen molar-refractivity contribution in [1.29, 1.82) is 0 Å². The first-order valence-corrected chi connectivity index (χ1v) is 7.25. The van der Waals surface area contributed by atoms with Crippen molar-refractivity contribution in [2.75, 3.05) is 26.8 Å². The molecule has 1 rings (SSSR count). The maximum atomic E-state index is 12.4. The smallest absolute Gasteiger partial charge is 0.383 e. The summed E-state index contributed by atoms with van der Waals surface area (Å²) in [5, 5.41) is 5.46. The summed E-state index contributed by atoms with van der Waals surface area (Å²) in [4.78, 5) is 15.8. The third-order valence-electron chi connectivity index (χ3n) is 2.96. The molecule has 10 heteroatoms. The number of ether oxygens (including phenoxy) is 1. The fraction of sp³-hybridized carbons (Fsp3) is 0.467. The first-order valence-electron chi connectivity index (χ1n) is 7.25. The van der Waals surface area contributed by atoms with E-state index in [4.69, 9.17) is 10.5 Å². The zero-order valence-electron chi connectivity index (χ0n) is 13.9. The van der Waals surface area contributed by atoms with Crippen molar-refractivity contribution >= 4 is 35.8 Å². The van der Waals surface area contributed by atoms with E-state index < -0.39 is 17.6 Å². The molecule has 0 aliphatic rings. The van der Waals surface area contributed by atoms with E-state index in [0.717, 1.165) is 24.3 Å². The van der Waals surface area contributed by atoms with Crippen LogP contribution in [0.4, 0.5) is 13.2 Å². The van der Waals surface area contributed by atoms with Gasteiger partial charge in [0.15, 0.2) is 5.96 Å². The van der Waals surface area contributed by atoms with Gasteiger partial charge < -0.3 is 21.1 Å². The van der Waals surface area contributed by atoms with E-state index in [1.165, 1.54) is 0 Å². The number of nitrogens with two attached hydrogens (primary N) is 1. The van der Waals surface area contributed by atoms with Crippen LogP contribution in [0.2, 0.25) is 0 Å². The molecule has 0 aromatic heterocycles. The van der Waals surface area contributed by atoms with Gasteiger partial charge in [-0.05, 0) is 31.2 Å². The SMILES string of the molecule is COCC(C)NC(N)=NCCNC(=O)c1ccc(C(F)(F)F)cc1.I. The van der Waals surface area contributed by atoms with Gasteiger partial charge in [0, 0.05) is 25.3 Å². The third-order valence-corrected chi connectivity index (χ3v) is 2.96. The Morgan fingerprint density at radius 1 is 1.32 bits per heavy atom. The van der Waals surface area contributed by atoms with Gasteiger partial charge in [-0.3, -0.25) is 9.79 Å². The Bertz CT molecular complexity index is 565. The molecule has 1 unspecified atom stereocenters. The summed E-state index contributed by atoms with van der Waals surface area (Å²) < 4.78 is 42.3. The van der Waals surface area contributed by atoms with Crippen molar-refractivity contribution in [1.82, 2.24) is 10.6 Å². The lowest BCUT2D eigenvalue weighted by Gasteiger charge is -2.13. The highest BCUT2D eigenvalue weighted by Gasteiger charge is 2.30. The summed E-state index contributed by atoms with van der Waals surface area (Å²) in [6, 6.07) is 3.99. The second-order valence-corrected chi connectivity index (χ2v) is 5.10. The van der Waals surface area contributed by atoms with Gasteiger partial charge >= 0.3 is 6.18 Å². The molecule has 0 bridgehead atoms. The minimum atomic E-state index is -4.42. The fourth-order valence-corrected chi connectivity index (χ4v) is 1.85. The predicted molar refractivity (Wildman–Crippen MR) is 100 cm³/mol. The second kappa shape index (κ2) is 11.1. The first-order chi connectivity index (χ1) is 11.2. The molecule has 0 heterocycles. The summed E-state index contributed by atoms with van der Waals surface area (Å²) in [5.41, 5.74) is 5.00. The summed E-state index contributed by atoms with van der Waals surface area (Å²) in [6.07, 6.45) is -4.42. The fourth-order valence-electron chi connectivity index (χ4n) is 1.85. The molecule has 142 valence electrons. The zero-order chi connectivity index (χ0) is 18.2.